The molecule has 1 spiro atoms. The number of nitrogens with zero attached hydrogens (tertiary/aromatic N) is 3. The Kier molecular flexibility index (Phi) is 4.26. The number of anilines is 1. The summed E-state index contributed by atoms with van der Waals surface area (Å²) in [5.41, 5.74) is 7.92. The third-order valence-corrected chi connectivity index (χ3v) is 6.46. The fourth-order valence-corrected chi connectivity index (χ4v) is 4.76. The van der Waals surface area contributed by atoms with E-state index in [0.29, 0.717) is 32.6 Å². The molecule has 7 nitrogen and oxygen atoms in total. The van der Waals surface area contributed by atoms with Crippen molar-refractivity contribution in [3.8, 4) is 11.9 Å². The number of nitrogens with two attached hydrogens (primary N) is 1. The summed E-state index contributed by atoms with van der Waals surface area (Å²) in [7, 11) is 0. The first-order chi connectivity index (χ1) is 14.9. The van der Waals surface area contributed by atoms with Gasteiger partial charge >= 0.3 is 0 Å². The molecule has 1 aromatic heterocycles. The van der Waals surface area contributed by atoms with Gasteiger partial charge in [0.05, 0.1) is 22.2 Å². The van der Waals surface area contributed by atoms with Gasteiger partial charge in [0.25, 0.3) is 0 Å². The second-order valence-electron chi connectivity index (χ2n) is 7.39. The van der Waals surface area contributed by atoms with Gasteiger partial charge in [-0.25, -0.2) is 0 Å². The number of fused-ring (bicyclic) bond motifs is 4. The number of benzene rings is 2. The first-order valence-electron chi connectivity index (χ1n) is 9.38. The number of aryl methyl sites for hydroxylation is 1. The molecule has 2 aliphatic heterocycles. The lowest BCUT2D eigenvalue weighted by atomic mass is 9.69. The average molecular weight is 452 g/mol. The first kappa shape index (κ1) is 19.5. The number of para-hydroxylation sites is 1. The summed E-state index contributed by atoms with van der Waals surface area (Å²) in [5, 5.41) is 17.9. The van der Waals surface area contributed by atoms with Crippen LogP contribution in [0, 0.1) is 18.3 Å². The number of ether oxygens (including phenoxy) is 1. The number of amides is 1. The van der Waals surface area contributed by atoms with Crippen molar-refractivity contribution < 1.29 is 9.53 Å². The molecule has 5 rings (SSSR count). The van der Waals surface area contributed by atoms with Crippen LogP contribution >= 0.6 is 23.2 Å². The maximum atomic E-state index is 14.2. The highest BCUT2D eigenvalue weighted by atomic mass is 35.5. The predicted molar refractivity (Wildman–Crippen MR) is 116 cm³/mol. The molecule has 31 heavy (non-hydrogen) atoms. The second kappa shape index (κ2) is 6.77. The lowest BCUT2D eigenvalue weighted by Crippen LogP contribution is -2.45. The topological polar surface area (TPSA) is 108 Å². The molecular formula is C22H15Cl2N5O2. The Bertz CT molecular complexity index is 1340. The molecule has 9 heteroatoms. The molecule has 3 N–H and O–H groups in total. The minimum atomic E-state index is -1.45. The smallest absolute Gasteiger partial charge is 0.248 e. The fraction of sp³-hybridized carbons (Fsp3) is 0.136. The van der Waals surface area contributed by atoms with Crippen molar-refractivity contribution in [1.82, 2.24) is 10.2 Å². The van der Waals surface area contributed by atoms with Crippen molar-refractivity contribution in [2.24, 2.45) is 5.73 Å². The van der Waals surface area contributed by atoms with Crippen LogP contribution in [0.1, 0.15) is 22.4 Å². The Morgan fingerprint density at radius 3 is 2.77 bits per heavy atom. The summed E-state index contributed by atoms with van der Waals surface area (Å²) < 4.78 is 5.58. The predicted octanol–water partition coefficient (Wildman–Crippen LogP) is 3.94. The summed E-state index contributed by atoms with van der Waals surface area (Å²) in [6.07, 6.45) is 0. The number of nitriles is 1. The Balaban J connectivity index is 1.76. The fourth-order valence-electron chi connectivity index (χ4n) is 4.44. The van der Waals surface area contributed by atoms with E-state index in [1.807, 2.05) is 30.3 Å². The van der Waals surface area contributed by atoms with Crippen molar-refractivity contribution in [2.75, 3.05) is 4.90 Å². The molecule has 0 saturated carbocycles. The number of hydrogen-bond donors (Lipinski definition) is 2. The minimum Gasteiger partial charge on any atom is -0.420 e. The van der Waals surface area contributed by atoms with Crippen molar-refractivity contribution >= 4 is 34.8 Å². The summed E-state index contributed by atoms with van der Waals surface area (Å²) in [5.74, 6) is -0.261. The molecule has 3 heterocycles. The SMILES string of the molecule is Cc1[nH]nc2c1[C@@]1(C(=O)N(Cc3ccc(Cl)c(Cl)c3)c3ccccc31)C(C#N)=C(N)O2. The van der Waals surface area contributed by atoms with E-state index >= 15 is 0 Å². The Labute approximate surface area is 187 Å². The number of hydrogen-bond acceptors (Lipinski definition) is 5. The largest absolute Gasteiger partial charge is 0.420 e. The molecule has 0 aliphatic carbocycles. The zero-order chi connectivity index (χ0) is 21.9. The van der Waals surface area contributed by atoms with Crippen molar-refractivity contribution in [1.29, 1.82) is 5.26 Å². The number of rotatable bonds is 2. The molecule has 2 aromatic carbocycles. The van der Waals surface area contributed by atoms with Crippen molar-refractivity contribution in [2.45, 2.75) is 18.9 Å². The maximum Gasteiger partial charge on any atom is 0.248 e. The average Bonchev–Trinajstić information content (AvgIpc) is 3.23. The Morgan fingerprint density at radius 2 is 2.03 bits per heavy atom. The molecule has 0 radical (unpaired) electrons. The van der Waals surface area contributed by atoms with E-state index in [1.54, 1.807) is 24.0 Å². The van der Waals surface area contributed by atoms with Gasteiger partial charge in [0.2, 0.25) is 17.7 Å². The van der Waals surface area contributed by atoms with E-state index in [9.17, 15) is 10.1 Å². The van der Waals surface area contributed by atoms with Crippen LogP contribution in [0.3, 0.4) is 0 Å². The zero-order valence-corrected chi connectivity index (χ0v) is 17.8. The quantitative estimate of drug-likeness (QED) is 0.613. The van der Waals surface area contributed by atoms with Crippen LogP contribution in [0.25, 0.3) is 0 Å². The molecule has 2 aliphatic rings. The van der Waals surface area contributed by atoms with Gasteiger partial charge < -0.3 is 15.4 Å². The van der Waals surface area contributed by atoms with Crippen LogP contribution in [-0.4, -0.2) is 16.1 Å². The van der Waals surface area contributed by atoms with Gasteiger partial charge in [0.1, 0.15) is 17.1 Å². The molecule has 1 atom stereocenters. The highest BCUT2D eigenvalue weighted by Crippen LogP contribution is 2.55. The summed E-state index contributed by atoms with van der Waals surface area (Å²) >= 11 is 12.2. The standard InChI is InChI=1S/C22H15Cl2N5O2/c1-11-18-20(28-27-11)31-19(26)14(9-25)22(18)13-4-2-3-5-17(13)29(21(22)30)10-12-6-7-15(23)16(24)8-12/h2-8H,10,26H2,1H3,(H,27,28)/t22-/m0/s1. The molecule has 0 fully saturated rings. The van der Waals surface area contributed by atoms with Gasteiger partial charge in [0.15, 0.2) is 0 Å². The number of nitrogens with one attached hydrogen (secondary N) is 1. The molecule has 0 unspecified atom stereocenters. The van der Waals surface area contributed by atoms with Gasteiger partial charge in [-0.3, -0.25) is 9.89 Å². The molecule has 1 amide bonds. The molecule has 0 saturated heterocycles. The van der Waals surface area contributed by atoms with Crippen LogP contribution in [0.5, 0.6) is 5.88 Å². The lowest BCUT2D eigenvalue weighted by Gasteiger charge is -2.32. The van der Waals surface area contributed by atoms with Crippen LogP contribution in [0.2, 0.25) is 10.0 Å². The van der Waals surface area contributed by atoms with E-state index in [4.69, 9.17) is 33.7 Å². The Morgan fingerprint density at radius 1 is 1.26 bits per heavy atom. The highest BCUT2D eigenvalue weighted by Gasteiger charge is 2.60. The van der Waals surface area contributed by atoms with E-state index in [0.717, 1.165) is 5.56 Å². The molecular weight excluding hydrogens is 437 g/mol. The molecule has 3 aromatic rings. The van der Waals surface area contributed by atoms with Crippen LogP contribution < -0.4 is 15.4 Å². The number of halogens is 2. The maximum absolute atomic E-state index is 14.2. The number of carbonyl (C=O) groups excluding carboxylic acids is 1. The monoisotopic (exact) mass is 451 g/mol. The van der Waals surface area contributed by atoms with E-state index in [1.165, 1.54) is 0 Å². The number of carbonyl (C=O) groups is 1. The van der Waals surface area contributed by atoms with E-state index < -0.39 is 5.41 Å². The van der Waals surface area contributed by atoms with Gasteiger partial charge in [-0.1, -0.05) is 47.5 Å². The second-order valence-corrected chi connectivity index (χ2v) is 8.20. The zero-order valence-electron chi connectivity index (χ0n) is 16.2. The van der Waals surface area contributed by atoms with Crippen LogP contribution in [0.15, 0.2) is 53.9 Å². The van der Waals surface area contributed by atoms with E-state index in [-0.39, 0.29) is 29.8 Å². The number of aromatic amines is 1. The minimum absolute atomic E-state index is 0.0404. The third kappa shape index (κ3) is 2.52. The van der Waals surface area contributed by atoms with E-state index in [2.05, 4.69) is 16.3 Å². The summed E-state index contributed by atoms with van der Waals surface area (Å²) in [6.45, 7) is 2.02. The highest BCUT2D eigenvalue weighted by molar-refractivity contribution is 6.42. The van der Waals surface area contributed by atoms with Crippen LogP contribution in [-0.2, 0) is 16.8 Å². The van der Waals surface area contributed by atoms with Gasteiger partial charge in [-0.2, -0.15) is 5.26 Å². The van der Waals surface area contributed by atoms with Gasteiger partial charge in [-0.05, 0) is 30.7 Å². The summed E-state index contributed by atoms with van der Waals surface area (Å²) in [4.78, 5) is 15.8. The number of aromatic nitrogens is 2. The Hall–Kier alpha value is -3.47. The third-order valence-electron chi connectivity index (χ3n) is 5.72. The summed E-state index contributed by atoms with van der Waals surface area (Å²) in [6, 6.07) is 14.7. The molecule has 0 bridgehead atoms. The normalized spacial score (nSPS) is 19.3. The lowest BCUT2D eigenvalue weighted by molar-refractivity contribution is -0.121. The number of H-pyrrole nitrogens is 1. The van der Waals surface area contributed by atoms with Crippen molar-refractivity contribution in [3.63, 3.8) is 0 Å². The molecule has 154 valence electrons. The van der Waals surface area contributed by atoms with Crippen molar-refractivity contribution in [3.05, 3.63) is 86.4 Å². The van der Waals surface area contributed by atoms with Gasteiger partial charge in [-0.15, -0.1) is 5.10 Å². The van der Waals surface area contributed by atoms with Gasteiger partial charge in [0, 0.05) is 16.9 Å². The van der Waals surface area contributed by atoms with Crippen LogP contribution in [0.4, 0.5) is 5.69 Å². The first-order valence-corrected chi connectivity index (χ1v) is 10.1.